The summed E-state index contributed by atoms with van der Waals surface area (Å²) in [7, 11) is 2.01. The van der Waals surface area contributed by atoms with Crippen molar-refractivity contribution in [3.63, 3.8) is 0 Å². The lowest BCUT2D eigenvalue weighted by Gasteiger charge is -2.26. The molecule has 3 heteroatoms. The van der Waals surface area contributed by atoms with Crippen molar-refractivity contribution in [1.29, 1.82) is 0 Å². The molecule has 0 aliphatic heterocycles. The summed E-state index contributed by atoms with van der Waals surface area (Å²) in [5.74, 6) is 0. The van der Waals surface area contributed by atoms with E-state index in [1.807, 2.05) is 18.4 Å². The Morgan fingerprint density at radius 2 is 2.00 bits per heavy atom. The molecule has 96 valence electrons. The van der Waals surface area contributed by atoms with Crippen LogP contribution in [-0.4, -0.2) is 24.5 Å². The fourth-order valence-electron chi connectivity index (χ4n) is 2.75. The van der Waals surface area contributed by atoms with Crippen LogP contribution in [0, 0.1) is 0 Å². The van der Waals surface area contributed by atoms with Crippen molar-refractivity contribution in [2.75, 3.05) is 13.6 Å². The first-order chi connectivity index (χ1) is 8.33. The molecule has 0 radical (unpaired) electrons. The second-order valence-corrected chi connectivity index (χ2v) is 6.15. The van der Waals surface area contributed by atoms with E-state index in [1.54, 1.807) is 0 Å². The van der Waals surface area contributed by atoms with E-state index in [4.69, 9.17) is 0 Å². The molecule has 2 rings (SSSR count). The Bertz CT molecular complexity index is 329. The van der Waals surface area contributed by atoms with E-state index in [0.29, 0.717) is 0 Å². The zero-order valence-electron chi connectivity index (χ0n) is 11.0. The van der Waals surface area contributed by atoms with Crippen molar-refractivity contribution < 1.29 is 0 Å². The molecule has 1 heterocycles. The molecule has 0 saturated heterocycles. The molecular weight excluding hydrogens is 228 g/mol. The van der Waals surface area contributed by atoms with Gasteiger partial charge in [-0.2, -0.15) is 0 Å². The van der Waals surface area contributed by atoms with Gasteiger partial charge in [-0.15, -0.1) is 11.3 Å². The molecule has 1 saturated carbocycles. The van der Waals surface area contributed by atoms with Gasteiger partial charge in [0.25, 0.3) is 0 Å². The predicted octanol–water partition coefficient (Wildman–Crippen LogP) is 3.23. The van der Waals surface area contributed by atoms with Gasteiger partial charge in [0, 0.05) is 28.9 Å². The zero-order valence-corrected chi connectivity index (χ0v) is 11.9. The molecule has 0 bridgehead atoms. The van der Waals surface area contributed by atoms with Gasteiger partial charge in [0.15, 0.2) is 0 Å². The molecule has 0 spiro atoms. The highest BCUT2D eigenvalue weighted by molar-refractivity contribution is 7.11. The third-order valence-electron chi connectivity index (χ3n) is 3.67. The molecule has 1 aromatic rings. The maximum Gasteiger partial charge on any atom is 0.0330 e. The van der Waals surface area contributed by atoms with Crippen LogP contribution in [0.15, 0.2) is 12.1 Å². The first kappa shape index (κ1) is 13.1. The average molecular weight is 252 g/mol. The van der Waals surface area contributed by atoms with E-state index in [2.05, 4.69) is 29.3 Å². The number of hydrogen-bond donors (Lipinski definition) is 1. The van der Waals surface area contributed by atoms with E-state index in [-0.39, 0.29) is 0 Å². The zero-order chi connectivity index (χ0) is 12.1. The highest BCUT2D eigenvalue weighted by Gasteiger charge is 2.21. The van der Waals surface area contributed by atoms with Gasteiger partial charge in [0.05, 0.1) is 0 Å². The fourth-order valence-corrected chi connectivity index (χ4v) is 3.80. The highest BCUT2D eigenvalue weighted by Crippen LogP contribution is 2.26. The van der Waals surface area contributed by atoms with Crippen molar-refractivity contribution in [3.05, 3.63) is 21.9 Å². The van der Waals surface area contributed by atoms with E-state index >= 15 is 0 Å². The van der Waals surface area contributed by atoms with Crippen LogP contribution >= 0.6 is 11.3 Å². The van der Waals surface area contributed by atoms with Crippen LogP contribution in [0.2, 0.25) is 0 Å². The summed E-state index contributed by atoms with van der Waals surface area (Å²) in [6.45, 7) is 5.63. The van der Waals surface area contributed by atoms with Gasteiger partial charge in [-0.1, -0.05) is 19.8 Å². The third kappa shape index (κ3) is 3.54. The number of thiophene rings is 1. The van der Waals surface area contributed by atoms with E-state index in [9.17, 15) is 0 Å². The van der Waals surface area contributed by atoms with Crippen molar-refractivity contribution in [3.8, 4) is 0 Å². The number of nitrogens with one attached hydrogen (secondary N) is 1. The van der Waals surface area contributed by atoms with Crippen molar-refractivity contribution >= 4 is 11.3 Å². The van der Waals surface area contributed by atoms with Crippen molar-refractivity contribution in [1.82, 2.24) is 10.2 Å². The first-order valence-electron chi connectivity index (χ1n) is 6.79. The van der Waals surface area contributed by atoms with Crippen LogP contribution in [-0.2, 0) is 13.1 Å². The lowest BCUT2D eigenvalue weighted by atomic mass is 10.2. The van der Waals surface area contributed by atoms with Gasteiger partial charge in [-0.05, 0) is 38.6 Å². The van der Waals surface area contributed by atoms with Crippen molar-refractivity contribution in [2.24, 2.45) is 0 Å². The first-order valence-corrected chi connectivity index (χ1v) is 7.61. The number of rotatable bonds is 6. The van der Waals surface area contributed by atoms with E-state index in [0.717, 1.165) is 19.1 Å². The van der Waals surface area contributed by atoms with Crippen LogP contribution < -0.4 is 5.32 Å². The van der Waals surface area contributed by atoms with Gasteiger partial charge >= 0.3 is 0 Å². The summed E-state index contributed by atoms with van der Waals surface area (Å²) in [4.78, 5) is 5.62. The smallest absolute Gasteiger partial charge is 0.0330 e. The Labute approximate surface area is 109 Å². The quantitative estimate of drug-likeness (QED) is 0.836. The summed E-state index contributed by atoms with van der Waals surface area (Å²) in [6, 6.07) is 5.41. The van der Waals surface area contributed by atoms with Crippen LogP contribution in [0.3, 0.4) is 0 Å². The fraction of sp³-hybridized carbons (Fsp3) is 0.714. The molecule has 1 aromatic heterocycles. The summed E-state index contributed by atoms with van der Waals surface area (Å²) in [5.41, 5.74) is 0. The summed E-state index contributed by atoms with van der Waals surface area (Å²) < 4.78 is 0. The maximum absolute atomic E-state index is 3.22. The summed E-state index contributed by atoms with van der Waals surface area (Å²) >= 11 is 1.96. The Hall–Kier alpha value is -0.380. The minimum atomic E-state index is 0.842. The molecule has 0 unspecified atom stereocenters. The van der Waals surface area contributed by atoms with Gasteiger partial charge in [0.1, 0.15) is 0 Å². The van der Waals surface area contributed by atoms with Crippen LogP contribution in [0.1, 0.15) is 42.4 Å². The van der Waals surface area contributed by atoms with E-state index < -0.39 is 0 Å². The van der Waals surface area contributed by atoms with Crippen molar-refractivity contribution in [2.45, 2.75) is 51.7 Å². The third-order valence-corrected chi connectivity index (χ3v) is 4.74. The molecule has 0 amide bonds. The Kier molecular flexibility index (Phi) is 5.01. The molecule has 0 atom stereocenters. The molecule has 17 heavy (non-hydrogen) atoms. The molecule has 2 nitrogen and oxygen atoms in total. The summed E-state index contributed by atoms with van der Waals surface area (Å²) in [6.07, 6.45) is 5.67. The molecule has 1 fully saturated rings. The van der Waals surface area contributed by atoms with Gasteiger partial charge in [-0.25, -0.2) is 0 Å². The predicted molar refractivity (Wildman–Crippen MR) is 75.4 cm³/mol. The second-order valence-electron chi connectivity index (χ2n) is 4.90. The SMILES string of the molecule is CCN(Cc1ccc(CNC)s1)C1CCCC1. The van der Waals surface area contributed by atoms with Crippen LogP contribution in [0.5, 0.6) is 0 Å². The minimum Gasteiger partial charge on any atom is -0.315 e. The second kappa shape index (κ2) is 6.53. The monoisotopic (exact) mass is 252 g/mol. The molecular formula is C14H24N2S. The average Bonchev–Trinajstić information content (AvgIpc) is 2.97. The molecule has 0 aromatic carbocycles. The lowest BCUT2D eigenvalue weighted by Crippen LogP contribution is -2.32. The van der Waals surface area contributed by atoms with Gasteiger partial charge in [-0.3, -0.25) is 4.90 Å². The highest BCUT2D eigenvalue weighted by atomic mass is 32.1. The van der Waals surface area contributed by atoms with Crippen LogP contribution in [0.25, 0.3) is 0 Å². The Balaban J connectivity index is 1.92. The van der Waals surface area contributed by atoms with E-state index in [1.165, 1.54) is 42.0 Å². The lowest BCUT2D eigenvalue weighted by molar-refractivity contribution is 0.202. The Morgan fingerprint density at radius 3 is 2.65 bits per heavy atom. The topological polar surface area (TPSA) is 15.3 Å². The van der Waals surface area contributed by atoms with Gasteiger partial charge in [0.2, 0.25) is 0 Å². The largest absolute Gasteiger partial charge is 0.315 e. The number of nitrogens with zero attached hydrogens (tertiary/aromatic N) is 1. The minimum absolute atomic E-state index is 0.842. The normalized spacial score (nSPS) is 17.1. The Morgan fingerprint density at radius 1 is 1.29 bits per heavy atom. The maximum atomic E-state index is 3.22. The van der Waals surface area contributed by atoms with Crippen LogP contribution in [0.4, 0.5) is 0 Å². The molecule has 1 N–H and O–H groups in total. The van der Waals surface area contributed by atoms with Gasteiger partial charge < -0.3 is 5.32 Å². The molecule has 1 aliphatic rings. The number of hydrogen-bond acceptors (Lipinski definition) is 3. The standard InChI is InChI=1S/C14H24N2S/c1-3-16(12-6-4-5-7-12)11-14-9-8-13(17-14)10-15-2/h8-9,12,15H,3-7,10-11H2,1-2H3. The summed E-state index contributed by atoms with van der Waals surface area (Å²) in [5, 5.41) is 3.22. The molecule has 1 aliphatic carbocycles.